The Morgan fingerprint density at radius 3 is 2.74 bits per heavy atom. The van der Waals surface area contributed by atoms with Crippen molar-refractivity contribution in [3.8, 4) is 0 Å². The predicted octanol–water partition coefficient (Wildman–Crippen LogP) is 4.27. The van der Waals surface area contributed by atoms with Gasteiger partial charge in [0.1, 0.15) is 11.4 Å². The molecular weight excluding hydrogens is 265 g/mol. The quantitative estimate of drug-likeness (QED) is 0.758. The van der Waals surface area contributed by atoms with E-state index in [1.807, 2.05) is 24.3 Å². The molecular formula is C15H11ClFNO. The number of nitrogens with two attached hydrogens (primary N) is 1. The summed E-state index contributed by atoms with van der Waals surface area (Å²) >= 11 is 6.08. The van der Waals surface area contributed by atoms with E-state index in [2.05, 4.69) is 0 Å². The van der Waals surface area contributed by atoms with Gasteiger partial charge in [-0.25, -0.2) is 4.39 Å². The minimum atomic E-state index is -0.521. The van der Waals surface area contributed by atoms with Gasteiger partial charge in [-0.2, -0.15) is 0 Å². The first-order chi connectivity index (χ1) is 9.16. The largest absolute Gasteiger partial charge is 0.464 e. The van der Waals surface area contributed by atoms with Crippen molar-refractivity contribution in [3.63, 3.8) is 0 Å². The molecule has 0 saturated heterocycles. The fourth-order valence-electron chi connectivity index (χ4n) is 2.16. The Balaban J connectivity index is 2.13. The first kappa shape index (κ1) is 12.2. The standard InChI is InChI=1S/C15H11ClFNO/c16-13-6-5-9(17)7-11(13)15(18)12-8-19-14-4-2-1-3-10(12)14/h1-8,15H,18H2. The zero-order valence-electron chi connectivity index (χ0n) is 9.94. The van der Waals surface area contributed by atoms with E-state index >= 15 is 0 Å². The van der Waals surface area contributed by atoms with Gasteiger partial charge < -0.3 is 10.2 Å². The minimum Gasteiger partial charge on any atom is -0.464 e. The van der Waals surface area contributed by atoms with Gasteiger partial charge in [-0.15, -0.1) is 0 Å². The Morgan fingerprint density at radius 1 is 1.11 bits per heavy atom. The normalized spacial score (nSPS) is 12.8. The van der Waals surface area contributed by atoms with Crippen LogP contribution < -0.4 is 5.73 Å². The molecule has 0 fully saturated rings. The Labute approximate surface area is 114 Å². The highest BCUT2D eigenvalue weighted by molar-refractivity contribution is 6.31. The van der Waals surface area contributed by atoms with Crippen LogP contribution in [0.1, 0.15) is 17.2 Å². The summed E-state index contributed by atoms with van der Waals surface area (Å²) in [6.07, 6.45) is 1.59. The number of benzene rings is 2. The van der Waals surface area contributed by atoms with Crippen LogP contribution in [-0.4, -0.2) is 0 Å². The van der Waals surface area contributed by atoms with Crippen molar-refractivity contribution in [2.45, 2.75) is 6.04 Å². The SMILES string of the molecule is NC(c1cc(F)ccc1Cl)c1coc2ccccc12. The van der Waals surface area contributed by atoms with Gasteiger partial charge >= 0.3 is 0 Å². The molecule has 0 aliphatic rings. The summed E-state index contributed by atoms with van der Waals surface area (Å²) < 4.78 is 18.8. The third kappa shape index (κ3) is 2.11. The molecule has 4 heteroatoms. The van der Waals surface area contributed by atoms with Crippen molar-refractivity contribution < 1.29 is 8.81 Å². The van der Waals surface area contributed by atoms with Crippen molar-refractivity contribution in [1.29, 1.82) is 0 Å². The molecule has 1 unspecified atom stereocenters. The molecule has 0 radical (unpaired) electrons. The van der Waals surface area contributed by atoms with Gasteiger partial charge in [0.15, 0.2) is 0 Å². The van der Waals surface area contributed by atoms with Crippen molar-refractivity contribution >= 4 is 22.6 Å². The minimum absolute atomic E-state index is 0.359. The molecule has 0 aliphatic carbocycles. The molecule has 0 saturated carbocycles. The molecule has 0 bridgehead atoms. The summed E-state index contributed by atoms with van der Waals surface area (Å²) in [4.78, 5) is 0. The number of para-hydroxylation sites is 1. The van der Waals surface area contributed by atoms with Crippen LogP contribution >= 0.6 is 11.6 Å². The van der Waals surface area contributed by atoms with E-state index in [-0.39, 0.29) is 5.82 Å². The molecule has 3 rings (SSSR count). The van der Waals surface area contributed by atoms with E-state index in [1.54, 1.807) is 6.26 Å². The van der Waals surface area contributed by atoms with Crippen LogP contribution in [0.15, 0.2) is 53.1 Å². The molecule has 19 heavy (non-hydrogen) atoms. The van der Waals surface area contributed by atoms with E-state index in [9.17, 15) is 4.39 Å². The summed E-state index contributed by atoms with van der Waals surface area (Å²) in [5, 5.41) is 1.36. The van der Waals surface area contributed by atoms with Crippen LogP contribution in [0.2, 0.25) is 5.02 Å². The Kier molecular flexibility index (Phi) is 3.01. The molecule has 0 aliphatic heterocycles. The zero-order valence-corrected chi connectivity index (χ0v) is 10.7. The average Bonchev–Trinajstić information content (AvgIpc) is 2.84. The molecule has 1 atom stereocenters. The molecule has 2 nitrogen and oxygen atoms in total. The average molecular weight is 276 g/mol. The first-order valence-corrected chi connectivity index (χ1v) is 6.21. The lowest BCUT2D eigenvalue weighted by atomic mass is 9.99. The summed E-state index contributed by atoms with van der Waals surface area (Å²) in [5.74, 6) is -0.359. The maximum absolute atomic E-state index is 13.3. The summed E-state index contributed by atoms with van der Waals surface area (Å²) in [6, 6.07) is 11.2. The van der Waals surface area contributed by atoms with Gasteiger partial charge in [-0.1, -0.05) is 29.8 Å². The maximum Gasteiger partial charge on any atom is 0.134 e. The lowest BCUT2D eigenvalue weighted by molar-refractivity contribution is 0.605. The van der Waals surface area contributed by atoms with Crippen LogP contribution in [0.4, 0.5) is 4.39 Å². The van der Waals surface area contributed by atoms with Gasteiger partial charge in [-0.05, 0) is 29.8 Å². The van der Waals surface area contributed by atoms with E-state index in [4.69, 9.17) is 21.8 Å². The number of fused-ring (bicyclic) bond motifs is 1. The number of halogens is 2. The van der Waals surface area contributed by atoms with Crippen molar-refractivity contribution in [3.05, 3.63) is 70.7 Å². The number of hydrogen-bond donors (Lipinski definition) is 1. The van der Waals surface area contributed by atoms with Gasteiger partial charge in [0, 0.05) is 16.0 Å². The molecule has 1 heterocycles. The van der Waals surface area contributed by atoms with Crippen LogP contribution in [0, 0.1) is 5.82 Å². The van der Waals surface area contributed by atoms with Crippen LogP contribution in [0.5, 0.6) is 0 Å². The van der Waals surface area contributed by atoms with Gasteiger partial charge in [-0.3, -0.25) is 0 Å². The highest BCUT2D eigenvalue weighted by Gasteiger charge is 2.18. The van der Waals surface area contributed by atoms with Crippen molar-refractivity contribution in [1.82, 2.24) is 0 Å². The second kappa shape index (κ2) is 4.68. The number of hydrogen-bond acceptors (Lipinski definition) is 2. The fraction of sp³-hybridized carbons (Fsp3) is 0.0667. The van der Waals surface area contributed by atoms with Gasteiger partial charge in [0.25, 0.3) is 0 Å². The second-order valence-electron chi connectivity index (χ2n) is 4.33. The third-order valence-corrected chi connectivity index (χ3v) is 3.48. The Bertz CT molecular complexity index is 738. The van der Waals surface area contributed by atoms with Crippen LogP contribution in [-0.2, 0) is 0 Å². The number of furan rings is 1. The van der Waals surface area contributed by atoms with Gasteiger partial charge in [0.05, 0.1) is 12.3 Å². The lowest BCUT2D eigenvalue weighted by Gasteiger charge is -2.12. The van der Waals surface area contributed by atoms with E-state index in [0.29, 0.717) is 10.6 Å². The van der Waals surface area contributed by atoms with Crippen LogP contribution in [0.3, 0.4) is 0 Å². The first-order valence-electron chi connectivity index (χ1n) is 5.83. The molecule has 0 amide bonds. The highest BCUT2D eigenvalue weighted by Crippen LogP contribution is 2.32. The van der Waals surface area contributed by atoms with Crippen molar-refractivity contribution in [2.75, 3.05) is 0 Å². The summed E-state index contributed by atoms with van der Waals surface area (Å²) in [5.41, 5.74) is 8.28. The molecule has 2 aromatic carbocycles. The molecule has 3 aromatic rings. The summed E-state index contributed by atoms with van der Waals surface area (Å²) in [6.45, 7) is 0. The predicted molar refractivity (Wildman–Crippen MR) is 73.7 cm³/mol. The van der Waals surface area contributed by atoms with Gasteiger partial charge in [0.2, 0.25) is 0 Å². The van der Waals surface area contributed by atoms with E-state index in [0.717, 1.165) is 16.5 Å². The third-order valence-electron chi connectivity index (χ3n) is 3.14. The molecule has 2 N–H and O–H groups in total. The Hall–Kier alpha value is -1.84. The number of rotatable bonds is 2. The molecule has 1 aromatic heterocycles. The smallest absolute Gasteiger partial charge is 0.134 e. The van der Waals surface area contributed by atoms with Crippen molar-refractivity contribution in [2.24, 2.45) is 5.73 Å². The zero-order chi connectivity index (χ0) is 13.4. The van der Waals surface area contributed by atoms with Crippen LogP contribution in [0.25, 0.3) is 11.0 Å². The maximum atomic E-state index is 13.3. The van der Waals surface area contributed by atoms with E-state index in [1.165, 1.54) is 18.2 Å². The Morgan fingerprint density at radius 2 is 1.89 bits per heavy atom. The lowest BCUT2D eigenvalue weighted by Crippen LogP contribution is -2.12. The summed E-state index contributed by atoms with van der Waals surface area (Å²) in [7, 11) is 0. The second-order valence-corrected chi connectivity index (χ2v) is 4.74. The monoisotopic (exact) mass is 275 g/mol. The fourth-order valence-corrected chi connectivity index (χ4v) is 2.39. The van der Waals surface area contributed by atoms with E-state index < -0.39 is 6.04 Å². The topological polar surface area (TPSA) is 39.2 Å². The molecule has 96 valence electrons. The highest BCUT2D eigenvalue weighted by atomic mass is 35.5. The molecule has 0 spiro atoms.